The second-order valence-electron chi connectivity index (χ2n) is 6.43. The minimum Gasteiger partial charge on any atom is -0.470 e. The van der Waals surface area contributed by atoms with Gasteiger partial charge in [-0.05, 0) is 35.9 Å². The summed E-state index contributed by atoms with van der Waals surface area (Å²) in [5.74, 6) is -0.166. The van der Waals surface area contributed by atoms with Crippen molar-refractivity contribution in [1.29, 1.82) is 0 Å². The number of nitrogens with zero attached hydrogens (tertiary/aromatic N) is 4. The molecule has 1 amide bonds. The molecule has 4 rings (SSSR count). The van der Waals surface area contributed by atoms with Crippen molar-refractivity contribution in [2.45, 2.75) is 13.3 Å². The fraction of sp³-hybridized carbons (Fsp3) is 0.0952. The second kappa shape index (κ2) is 8.79. The van der Waals surface area contributed by atoms with Crippen LogP contribution in [0.3, 0.4) is 0 Å². The van der Waals surface area contributed by atoms with Crippen molar-refractivity contribution in [3.05, 3.63) is 95.3 Å². The van der Waals surface area contributed by atoms with Crippen LogP contribution in [0.25, 0.3) is 0 Å². The fourth-order valence-electron chi connectivity index (χ4n) is 2.85. The smallest absolute Gasteiger partial charge is 0.274 e. The van der Waals surface area contributed by atoms with Crippen LogP contribution in [0, 0.1) is 5.82 Å². The topological polar surface area (TPSA) is 74.0 Å². The number of hydrogen-bond acceptors (Lipinski definition) is 4. The van der Waals surface area contributed by atoms with E-state index >= 15 is 0 Å². The van der Waals surface area contributed by atoms with Crippen molar-refractivity contribution >= 4 is 23.2 Å². The third kappa shape index (κ3) is 4.66. The predicted octanol–water partition coefficient (Wildman–Crippen LogP) is 4.21. The van der Waals surface area contributed by atoms with E-state index in [-0.39, 0.29) is 18.5 Å². The Labute approximate surface area is 176 Å². The molecule has 0 atom stereocenters. The minimum absolute atomic E-state index is 0.0261. The van der Waals surface area contributed by atoms with E-state index in [1.165, 1.54) is 29.2 Å². The molecule has 0 unspecified atom stereocenters. The summed E-state index contributed by atoms with van der Waals surface area (Å²) in [6, 6.07) is 14.9. The Hall–Kier alpha value is -3.65. The van der Waals surface area contributed by atoms with Gasteiger partial charge >= 0.3 is 0 Å². The zero-order valence-corrected chi connectivity index (χ0v) is 16.5. The standard InChI is InChI=1S/C21H17ClFN5O2/c22-18-6-1-2-7-20(18)30-14-28-19(8-9-24-28)21(29)26-17-11-25-27(13-17)12-15-4-3-5-16(23)10-15/h1-11,13H,12,14H2,(H,26,29). The molecule has 0 fully saturated rings. The molecule has 0 radical (unpaired) electrons. The summed E-state index contributed by atoms with van der Waals surface area (Å²) >= 11 is 6.08. The van der Waals surface area contributed by atoms with Crippen molar-refractivity contribution in [3.8, 4) is 5.75 Å². The predicted molar refractivity (Wildman–Crippen MR) is 110 cm³/mol. The van der Waals surface area contributed by atoms with Gasteiger partial charge in [0.25, 0.3) is 5.91 Å². The van der Waals surface area contributed by atoms with Gasteiger partial charge in [-0.2, -0.15) is 10.2 Å². The zero-order chi connectivity index (χ0) is 20.9. The van der Waals surface area contributed by atoms with E-state index in [0.29, 0.717) is 28.7 Å². The van der Waals surface area contributed by atoms with Crippen LogP contribution in [0.4, 0.5) is 10.1 Å². The molecule has 0 saturated heterocycles. The van der Waals surface area contributed by atoms with E-state index in [4.69, 9.17) is 16.3 Å². The molecule has 30 heavy (non-hydrogen) atoms. The van der Waals surface area contributed by atoms with Gasteiger partial charge in [0, 0.05) is 12.4 Å². The normalized spacial score (nSPS) is 10.7. The van der Waals surface area contributed by atoms with Crippen LogP contribution in [0.15, 0.2) is 73.2 Å². The van der Waals surface area contributed by atoms with Gasteiger partial charge in [0.15, 0.2) is 6.73 Å². The molecule has 2 aromatic heterocycles. The first-order chi connectivity index (χ1) is 14.6. The number of halogens is 2. The highest BCUT2D eigenvalue weighted by atomic mass is 35.5. The van der Waals surface area contributed by atoms with Gasteiger partial charge in [-0.15, -0.1) is 0 Å². The first-order valence-corrected chi connectivity index (χ1v) is 9.44. The molecule has 0 aliphatic rings. The molecule has 0 spiro atoms. The Morgan fingerprint density at radius 1 is 1.13 bits per heavy atom. The average molecular weight is 426 g/mol. The molecule has 1 N–H and O–H groups in total. The first-order valence-electron chi connectivity index (χ1n) is 9.06. The first kappa shape index (κ1) is 19.7. The number of carbonyl (C=O) groups excluding carboxylic acids is 1. The summed E-state index contributed by atoms with van der Waals surface area (Å²) in [6.45, 7) is 0.412. The van der Waals surface area contributed by atoms with E-state index in [1.54, 1.807) is 53.3 Å². The molecular formula is C21H17ClFN5O2. The number of hydrogen-bond donors (Lipinski definition) is 1. The molecular weight excluding hydrogens is 409 g/mol. The molecule has 4 aromatic rings. The number of rotatable bonds is 7. The SMILES string of the molecule is O=C(Nc1cnn(Cc2cccc(F)c2)c1)c1ccnn1COc1ccccc1Cl. The number of para-hydroxylation sites is 1. The Kier molecular flexibility index (Phi) is 5.76. The maximum absolute atomic E-state index is 13.3. The van der Waals surface area contributed by atoms with E-state index < -0.39 is 0 Å². The quantitative estimate of drug-likeness (QED) is 0.481. The number of benzene rings is 2. The molecule has 0 aliphatic carbocycles. The zero-order valence-electron chi connectivity index (χ0n) is 15.7. The minimum atomic E-state index is -0.361. The van der Waals surface area contributed by atoms with E-state index in [1.807, 2.05) is 0 Å². The van der Waals surface area contributed by atoms with Crippen LogP contribution in [0.2, 0.25) is 5.02 Å². The van der Waals surface area contributed by atoms with Crippen LogP contribution in [-0.4, -0.2) is 25.5 Å². The number of carbonyl (C=O) groups is 1. The highest BCUT2D eigenvalue weighted by Gasteiger charge is 2.14. The largest absolute Gasteiger partial charge is 0.470 e. The fourth-order valence-corrected chi connectivity index (χ4v) is 3.04. The molecule has 0 bridgehead atoms. The van der Waals surface area contributed by atoms with Crippen molar-refractivity contribution in [3.63, 3.8) is 0 Å². The van der Waals surface area contributed by atoms with Gasteiger partial charge in [-0.25, -0.2) is 9.07 Å². The molecule has 0 aliphatic heterocycles. The van der Waals surface area contributed by atoms with Gasteiger partial charge in [0.05, 0.1) is 23.5 Å². The summed E-state index contributed by atoms with van der Waals surface area (Å²) < 4.78 is 22.0. The molecule has 9 heteroatoms. The van der Waals surface area contributed by atoms with Crippen LogP contribution >= 0.6 is 11.6 Å². The van der Waals surface area contributed by atoms with Gasteiger partial charge in [0.2, 0.25) is 0 Å². The maximum atomic E-state index is 13.3. The highest BCUT2D eigenvalue weighted by Crippen LogP contribution is 2.23. The van der Waals surface area contributed by atoms with Gasteiger partial charge < -0.3 is 10.1 Å². The van der Waals surface area contributed by atoms with E-state index in [9.17, 15) is 9.18 Å². The Balaban J connectivity index is 1.40. The van der Waals surface area contributed by atoms with E-state index in [2.05, 4.69) is 15.5 Å². The molecule has 0 saturated carbocycles. The Morgan fingerprint density at radius 3 is 2.83 bits per heavy atom. The number of aromatic nitrogens is 4. The van der Waals surface area contributed by atoms with Crippen LogP contribution in [-0.2, 0) is 13.3 Å². The van der Waals surface area contributed by atoms with Gasteiger partial charge in [-0.1, -0.05) is 35.9 Å². The van der Waals surface area contributed by atoms with Gasteiger partial charge in [0.1, 0.15) is 17.3 Å². The average Bonchev–Trinajstić information content (AvgIpc) is 3.37. The molecule has 7 nitrogen and oxygen atoms in total. The van der Waals surface area contributed by atoms with Crippen molar-refractivity contribution < 1.29 is 13.9 Å². The van der Waals surface area contributed by atoms with Crippen LogP contribution in [0.1, 0.15) is 16.1 Å². The molecule has 152 valence electrons. The third-order valence-corrected chi connectivity index (χ3v) is 4.57. The maximum Gasteiger partial charge on any atom is 0.274 e. The molecule has 2 aromatic carbocycles. The summed E-state index contributed by atoms with van der Waals surface area (Å²) in [5.41, 5.74) is 1.60. The van der Waals surface area contributed by atoms with Crippen molar-refractivity contribution in [1.82, 2.24) is 19.6 Å². The van der Waals surface area contributed by atoms with E-state index in [0.717, 1.165) is 5.56 Å². The molecule has 2 heterocycles. The summed E-state index contributed by atoms with van der Waals surface area (Å²) in [7, 11) is 0. The lowest BCUT2D eigenvalue weighted by Crippen LogP contribution is -2.19. The summed E-state index contributed by atoms with van der Waals surface area (Å²) in [6.07, 6.45) is 4.71. The monoisotopic (exact) mass is 425 g/mol. The Bertz CT molecular complexity index is 1170. The van der Waals surface area contributed by atoms with Gasteiger partial charge in [-0.3, -0.25) is 9.48 Å². The number of anilines is 1. The Morgan fingerprint density at radius 2 is 2.00 bits per heavy atom. The van der Waals surface area contributed by atoms with Crippen molar-refractivity contribution in [2.24, 2.45) is 0 Å². The summed E-state index contributed by atoms with van der Waals surface area (Å²) in [4.78, 5) is 12.6. The second-order valence-corrected chi connectivity index (χ2v) is 6.84. The third-order valence-electron chi connectivity index (χ3n) is 4.25. The number of amides is 1. The lowest BCUT2D eigenvalue weighted by molar-refractivity contribution is 0.100. The lowest BCUT2D eigenvalue weighted by atomic mass is 10.2. The van der Waals surface area contributed by atoms with Crippen LogP contribution < -0.4 is 10.1 Å². The summed E-state index contributed by atoms with van der Waals surface area (Å²) in [5, 5.41) is 11.6. The highest BCUT2D eigenvalue weighted by molar-refractivity contribution is 6.32. The number of nitrogens with one attached hydrogen (secondary N) is 1. The number of ether oxygens (including phenoxy) is 1. The lowest BCUT2D eigenvalue weighted by Gasteiger charge is -2.10. The van der Waals surface area contributed by atoms with Crippen molar-refractivity contribution in [2.75, 3.05) is 5.32 Å². The van der Waals surface area contributed by atoms with Crippen LogP contribution in [0.5, 0.6) is 5.75 Å².